The Hall–Kier alpha value is -1.36. The maximum absolute atomic E-state index is 5.71. The van der Waals surface area contributed by atoms with Gasteiger partial charge in [0.2, 0.25) is 0 Å². The summed E-state index contributed by atoms with van der Waals surface area (Å²) in [5.41, 5.74) is 8.02. The van der Waals surface area contributed by atoms with E-state index < -0.39 is 0 Å². The van der Waals surface area contributed by atoms with Crippen molar-refractivity contribution in [2.75, 3.05) is 13.7 Å². The van der Waals surface area contributed by atoms with Gasteiger partial charge in [-0.25, -0.2) is 0 Å². The van der Waals surface area contributed by atoms with E-state index in [0.29, 0.717) is 6.54 Å². The smallest absolute Gasteiger partial charge is 0.123 e. The third-order valence-electron chi connectivity index (χ3n) is 3.38. The predicted octanol–water partition coefficient (Wildman–Crippen LogP) is 3.24. The monoisotopic (exact) mass is 290 g/mol. The summed E-state index contributed by atoms with van der Waals surface area (Å²) in [6.07, 6.45) is 0. The van der Waals surface area contributed by atoms with E-state index in [0.717, 1.165) is 30.9 Å². The van der Waals surface area contributed by atoms with E-state index in [4.69, 9.17) is 10.5 Å². The molecule has 0 radical (unpaired) electrons. The molecule has 3 nitrogen and oxygen atoms in total. The summed E-state index contributed by atoms with van der Waals surface area (Å²) < 4.78 is 5.40. The molecule has 2 rings (SSSR count). The van der Waals surface area contributed by atoms with Crippen LogP contribution in [0.15, 0.2) is 35.7 Å². The lowest BCUT2D eigenvalue weighted by Gasteiger charge is -2.20. The lowest BCUT2D eigenvalue weighted by molar-refractivity contribution is 0.273. The first-order valence-corrected chi connectivity index (χ1v) is 7.75. The molecule has 2 aromatic rings. The number of thiophene rings is 1. The van der Waals surface area contributed by atoms with Crippen molar-refractivity contribution in [2.24, 2.45) is 5.73 Å². The van der Waals surface area contributed by atoms with Crippen LogP contribution in [-0.2, 0) is 19.6 Å². The van der Waals surface area contributed by atoms with Crippen molar-refractivity contribution >= 4 is 11.3 Å². The van der Waals surface area contributed by atoms with Gasteiger partial charge in [-0.2, -0.15) is 0 Å². The zero-order valence-corrected chi connectivity index (χ0v) is 13.0. The number of benzene rings is 1. The van der Waals surface area contributed by atoms with E-state index >= 15 is 0 Å². The molecule has 0 atom stereocenters. The average molecular weight is 290 g/mol. The molecule has 1 aromatic carbocycles. The van der Waals surface area contributed by atoms with Crippen molar-refractivity contribution in [1.29, 1.82) is 0 Å². The number of hydrogen-bond donors (Lipinski definition) is 1. The normalized spacial score (nSPS) is 11.0. The van der Waals surface area contributed by atoms with Crippen LogP contribution in [0.2, 0.25) is 0 Å². The molecule has 0 spiro atoms. The van der Waals surface area contributed by atoms with Crippen LogP contribution in [0, 0.1) is 0 Å². The van der Waals surface area contributed by atoms with Gasteiger partial charge in [-0.05, 0) is 29.6 Å². The van der Waals surface area contributed by atoms with Gasteiger partial charge in [0.25, 0.3) is 0 Å². The Labute approximate surface area is 125 Å². The van der Waals surface area contributed by atoms with E-state index in [-0.39, 0.29) is 0 Å². The summed E-state index contributed by atoms with van der Waals surface area (Å²) in [4.78, 5) is 3.82. The molecule has 0 bridgehead atoms. The molecule has 20 heavy (non-hydrogen) atoms. The Morgan fingerprint density at radius 2 is 2.10 bits per heavy atom. The SMILES string of the molecule is CCN(Cc1ccc(CN)c(OC)c1)Cc1cccs1. The Bertz CT molecular complexity index is 525. The number of nitrogens with zero attached hydrogens (tertiary/aromatic N) is 1. The van der Waals surface area contributed by atoms with Crippen LogP contribution in [0.1, 0.15) is 22.9 Å². The van der Waals surface area contributed by atoms with Gasteiger partial charge in [0, 0.05) is 30.1 Å². The van der Waals surface area contributed by atoms with Gasteiger partial charge in [-0.15, -0.1) is 11.3 Å². The van der Waals surface area contributed by atoms with Gasteiger partial charge in [-0.1, -0.05) is 25.1 Å². The van der Waals surface area contributed by atoms with Gasteiger partial charge in [0.15, 0.2) is 0 Å². The Morgan fingerprint density at radius 1 is 1.25 bits per heavy atom. The number of rotatable bonds is 7. The summed E-state index contributed by atoms with van der Waals surface area (Å²) >= 11 is 1.81. The minimum Gasteiger partial charge on any atom is -0.496 e. The quantitative estimate of drug-likeness (QED) is 0.851. The van der Waals surface area contributed by atoms with Gasteiger partial charge in [0.05, 0.1) is 7.11 Å². The maximum atomic E-state index is 5.71. The van der Waals surface area contributed by atoms with Crippen LogP contribution in [0.4, 0.5) is 0 Å². The fourth-order valence-corrected chi connectivity index (χ4v) is 2.96. The number of nitrogens with two attached hydrogens (primary N) is 1. The highest BCUT2D eigenvalue weighted by Crippen LogP contribution is 2.21. The van der Waals surface area contributed by atoms with Crippen molar-refractivity contribution in [3.8, 4) is 5.75 Å². The predicted molar refractivity (Wildman–Crippen MR) is 85.0 cm³/mol. The van der Waals surface area contributed by atoms with Crippen LogP contribution >= 0.6 is 11.3 Å². The first-order valence-electron chi connectivity index (χ1n) is 6.87. The number of hydrogen-bond acceptors (Lipinski definition) is 4. The van der Waals surface area contributed by atoms with Gasteiger partial charge in [0.1, 0.15) is 5.75 Å². The fraction of sp³-hybridized carbons (Fsp3) is 0.375. The van der Waals surface area contributed by atoms with E-state index in [9.17, 15) is 0 Å². The van der Waals surface area contributed by atoms with Gasteiger partial charge < -0.3 is 10.5 Å². The second kappa shape index (κ2) is 7.43. The van der Waals surface area contributed by atoms with E-state index in [1.165, 1.54) is 10.4 Å². The Balaban J connectivity index is 2.07. The second-order valence-corrected chi connectivity index (χ2v) is 5.77. The zero-order valence-electron chi connectivity index (χ0n) is 12.1. The maximum Gasteiger partial charge on any atom is 0.123 e. The molecule has 0 aliphatic carbocycles. The van der Waals surface area contributed by atoms with Gasteiger partial charge >= 0.3 is 0 Å². The van der Waals surface area contributed by atoms with Crippen LogP contribution < -0.4 is 10.5 Å². The summed E-state index contributed by atoms with van der Waals surface area (Å²) in [5, 5.41) is 2.13. The highest BCUT2D eigenvalue weighted by Gasteiger charge is 2.08. The van der Waals surface area contributed by atoms with Crippen LogP contribution in [0.25, 0.3) is 0 Å². The Kier molecular flexibility index (Phi) is 5.59. The lowest BCUT2D eigenvalue weighted by Crippen LogP contribution is -2.21. The third kappa shape index (κ3) is 3.82. The standard InChI is InChI=1S/C16H22N2OS/c1-3-18(12-15-5-4-8-20-15)11-13-6-7-14(10-17)16(9-13)19-2/h4-9H,3,10-12,17H2,1-2H3. The van der Waals surface area contributed by atoms with Crippen molar-refractivity contribution in [2.45, 2.75) is 26.6 Å². The molecule has 108 valence electrons. The molecule has 0 saturated carbocycles. The molecule has 0 amide bonds. The minimum absolute atomic E-state index is 0.510. The highest BCUT2D eigenvalue weighted by atomic mass is 32.1. The fourth-order valence-electron chi connectivity index (χ4n) is 2.22. The van der Waals surface area contributed by atoms with Gasteiger partial charge in [-0.3, -0.25) is 4.90 Å². The number of methoxy groups -OCH3 is 1. The first kappa shape index (κ1) is 15.0. The molecular weight excluding hydrogens is 268 g/mol. The van der Waals surface area contributed by atoms with Crippen LogP contribution in [-0.4, -0.2) is 18.6 Å². The second-order valence-electron chi connectivity index (χ2n) is 4.73. The molecule has 1 aromatic heterocycles. The van der Waals surface area contributed by atoms with Crippen LogP contribution in [0.5, 0.6) is 5.75 Å². The topological polar surface area (TPSA) is 38.5 Å². The summed E-state index contributed by atoms with van der Waals surface area (Å²) in [6, 6.07) is 10.6. The molecule has 0 aliphatic rings. The molecule has 4 heteroatoms. The van der Waals surface area contributed by atoms with E-state index in [1.54, 1.807) is 7.11 Å². The summed E-state index contributed by atoms with van der Waals surface area (Å²) in [7, 11) is 1.70. The molecule has 2 N–H and O–H groups in total. The average Bonchev–Trinajstić information content (AvgIpc) is 2.99. The van der Waals surface area contributed by atoms with Crippen molar-refractivity contribution in [1.82, 2.24) is 4.90 Å². The summed E-state index contributed by atoms with van der Waals surface area (Å²) in [5.74, 6) is 0.886. The van der Waals surface area contributed by atoms with Crippen molar-refractivity contribution in [3.05, 3.63) is 51.7 Å². The van der Waals surface area contributed by atoms with Crippen LogP contribution in [0.3, 0.4) is 0 Å². The largest absolute Gasteiger partial charge is 0.496 e. The molecule has 0 saturated heterocycles. The third-order valence-corrected chi connectivity index (χ3v) is 4.25. The molecule has 0 unspecified atom stereocenters. The van der Waals surface area contributed by atoms with E-state index in [2.05, 4.69) is 47.5 Å². The zero-order chi connectivity index (χ0) is 14.4. The van der Waals surface area contributed by atoms with Crippen molar-refractivity contribution in [3.63, 3.8) is 0 Å². The molecule has 0 fully saturated rings. The first-order chi connectivity index (χ1) is 9.76. The molecule has 1 heterocycles. The number of ether oxygens (including phenoxy) is 1. The molecular formula is C16H22N2OS. The summed E-state index contributed by atoms with van der Waals surface area (Å²) in [6.45, 7) is 5.65. The van der Waals surface area contributed by atoms with Crippen molar-refractivity contribution < 1.29 is 4.74 Å². The Morgan fingerprint density at radius 3 is 2.70 bits per heavy atom. The minimum atomic E-state index is 0.510. The van der Waals surface area contributed by atoms with E-state index in [1.807, 2.05) is 11.3 Å². The molecule has 0 aliphatic heterocycles. The lowest BCUT2D eigenvalue weighted by atomic mass is 10.1. The highest BCUT2D eigenvalue weighted by molar-refractivity contribution is 7.09.